The zero-order valence-electron chi connectivity index (χ0n) is 13.0. The van der Waals surface area contributed by atoms with Gasteiger partial charge < -0.3 is 15.2 Å². The fourth-order valence-electron chi connectivity index (χ4n) is 1.65. The molecule has 0 atom stereocenters. The van der Waals surface area contributed by atoms with E-state index in [9.17, 15) is 22.8 Å². The molecule has 1 fully saturated rings. The second-order valence-electron chi connectivity index (χ2n) is 4.58. The summed E-state index contributed by atoms with van der Waals surface area (Å²) in [6.45, 7) is 0. The van der Waals surface area contributed by atoms with Crippen molar-refractivity contribution in [2.75, 3.05) is 12.8 Å². The number of carbonyl (C=O) groups excluding carboxylic acids is 2. The molecular weight excluding hydrogens is 377 g/mol. The number of hydrogen-bond acceptors (Lipinski definition) is 8. The third-order valence-electron chi connectivity index (χ3n) is 2.74. The molecule has 26 heavy (non-hydrogen) atoms. The highest BCUT2D eigenvalue weighted by atomic mass is 32.2. The largest absolute Gasteiger partial charge is 0.573 e. The molecule has 2 rings (SSSR count). The van der Waals surface area contributed by atoms with Crippen LogP contribution in [-0.2, 0) is 14.3 Å². The van der Waals surface area contributed by atoms with Gasteiger partial charge in [0.15, 0.2) is 5.17 Å². The summed E-state index contributed by atoms with van der Waals surface area (Å²) in [5.74, 6) is -1.73. The average molecular weight is 388 g/mol. The van der Waals surface area contributed by atoms with Crippen LogP contribution in [0.1, 0.15) is 5.56 Å². The number of thioether (sulfide) groups is 1. The second kappa shape index (κ2) is 7.91. The molecule has 1 aromatic carbocycles. The number of alkyl halides is 3. The number of rotatable bonds is 4. The highest BCUT2D eigenvalue weighted by Crippen LogP contribution is 2.26. The van der Waals surface area contributed by atoms with Crippen LogP contribution >= 0.6 is 11.8 Å². The molecular formula is C14H11F3N4O4S. The van der Waals surface area contributed by atoms with E-state index < -0.39 is 24.0 Å². The number of hydrogen-bond donors (Lipinski definition) is 2. The van der Waals surface area contributed by atoms with Crippen LogP contribution in [0.3, 0.4) is 0 Å². The van der Waals surface area contributed by atoms with E-state index in [1.54, 1.807) is 0 Å². The monoisotopic (exact) mass is 388 g/mol. The van der Waals surface area contributed by atoms with Crippen LogP contribution in [0.15, 0.2) is 39.4 Å². The molecule has 1 heterocycles. The molecule has 0 aromatic heterocycles. The van der Waals surface area contributed by atoms with E-state index in [-0.39, 0.29) is 21.3 Å². The van der Waals surface area contributed by atoms with Crippen molar-refractivity contribution in [3.05, 3.63) is 34.7 Å². The van der Waals surface area contributed by atoms with E-state index in [4.69, 9.17) is 5.73 Å². The maximum atomic E-state index is 12.2. The molecule has 1 aromatic rings. The summed E-state index contributed by atoms with van der Waals surface area (Å²) in [6, 6.07) is 3.32. The number of amidine groups is 1. The molecule has 12 heteroatoms. The topological polar surface area (TPSA) is 115 Å². The van der Waals surface area contributed by atoms with Gasteiger partial charge in [-0.05, 0) is 30.0 Å². The van der Waals surface area contributed by atoms with Crippen LogP contribution < -0.4 is 15.8 Å². The summed E-state index contributed by atoms with van der Waals surface area (Å²) in [4.78, 5) is 22.8. The van der Waals surface area contributed by atoms with Gasteiger partial charge in [-0.15, -0.1) is 18.3 Å². The van der Waals surface area contributed by atoms with Crippen LogP contribution in [0.25, 0.3) is 0 Å². The molecule has 0 aliphatic carbocycles. The van der Waals surface area contributed by atoms with Crippen molar-refractivity contribution in [3.8, 4) is 5.75 Å². The molecule has 138 valence electrons. The van der Waals surface area contributed by atoms with Crippen molar-refractivity contribution in [3.63, 3.8) is 0 Å². The van der Waals surface area contributed by atoms with Crippen LogP contribution in [-0.4, -0.2) is 36.7 Å². The number of benzene rings is 1. The van der Waals surface area contributed by atoms with Gasteiger partial charge in [-0.25, -0.2) is 4.79 Å². The Kier molecular flexibility index (Phi) is 5.87. The minimum atomic E-state index is -4.84. The Morgan fingerprint density at radius 1 is 1.38 bits per heavy atom. The Labute approximate surface area is 148 Å². The number of anilines is 1. The normalized spacial score (nSPS) is 17.8. The zero-order valence-corrected chi connectivity index (χ0v) is 13.9. The number of methoxy groups -OCH3 is 1. The van der Waals surface area contributed by atoms with Crippen molar-refractivity contribution in [2.24, 2.45) is 10.2 Å². The van der Waals surface area contributed by atoms with Gasteiger partial charge in [-0.3, -0.25) is 10.1 Å². The Morgan fingerprint density at radius 2 is 2.12 bits per heavy atom. The summed E-state index contributed by atoms with van der Waals surface area (Å²) < 4.78 is 44.9. The number of nitrogens with zero attached hydrogens (tertiary/aromatic N) is 2. The third-order valence-corrected chi connectivity index (χ3v) is 3.64. The molecule has 1 aliphatic heterocycles. The van der Waals surface area contributed by atoms with Gasteiger partial charge in [0.1, 0.15) is 5.75 Å². The average Bonchev–Trinajstić information content (AvgIpc) is 2.88. The van der Waals surface area contributed by atoms with Crippen molar-refractivity contribution >= 4 is 40.7 Å². The Balaban J connectivity index is 2.12. The van der Waals surface area contributed by atoms with Gasteiger partial charge in [0.2, 0.25) is 0 Å². The highest BCUT2D eigenvalue weighted by molar-refractivity contribution is 8.18. The van der Waals surface area contributed by atoms with Crippen LogP contribution in [0, 0.1) is 0 Å². The number of nitrogen functional groups attached to an aromatic ring is 1. The van der Waals surface area contributed by atoms with E-state index in [0.717, 1.165) is 43.3 Å². The van der Waals surface area contributed by atoms with Gasteiger partial charge in [0.05, 0.1) is 18.2 Å². The quantitative estimate of drug-likeness (QED) is 0.267. The van der Waals surface area contributed by atoms with E-state index in [0.29, 0.717) is 0 Å². The smallest absolute Gasteiger partial charge is 0.466 e. The highest BCUT2D eigenvalue weighted by Gasteiger charge is 2.31. The molecule has 0 saturated carbocycles. The summed E-state index contributed by atoms with van der Waals surface area (Å²) >= 11 is 0.844. The molecule has 1 amide bonds. The second-order valence-corrected chi connectivity index (χ2v) is 5.61. The van der Waals surface area contributed by atoms with Crippen molar-refractivity contribution in [2.45, 2.75) is 6.36 Å². The van der Waals surface area contributed by atoms with Gasteiger partial charge in [-0.1, -0.05) is 0 Å². The minimum Gasteiger partial charge on any atom is -0.466 e. The molecule has 0 unspecified atom stereocenters. The van der Waals surface area contributed by atoms with Crippen molar-refractivity contribution < 1.29 is 32.2 Å². The summed E-state index contributed by atoms with van der Waals surface area (Å²) in [5.41, 5.74) is 5.94. The Bertz CT molecular complexity index is 821. The van der Waals surface area contributed by atoms with Crippen LogP contribution in [0.4, 0.5) is 18.9 Å². The first-order chi connectivity index (χ1) is 12.2. The number of nitrogens with two attached hydrogens (primary N) is 1. The molecule has 1 aliphatic rings. The minimum absolute atomic E-state index is 0.0610. The molecule has 3 N–H and O–H groups in total. The van der Waals surface area contributed by atoms with Crippen molar-refractivity contribution in [1.29, 1.82) is 0 Å². The Hall–Kier alpha value is -3.02. The molecule has 0 spiro atoms. The van der Waals surface area contributed by atoms with Gasteiger partial charge in [0, 0.05) is 17.3 Å². The summed E-state index contributed by atoms with van der Waals surface area (Å²) in [7, 11) is 1.16. The predicted molar refractivity (Wildman–Crippen MR) is 88.4 cm³/mol. The lowest BCUT2D eigenvalue weighted by atomic mass is 10.2. The van der Waals surface area contributed by atoms with Crippen molar-refractivity contribution in [1.82, 2.24) is 5.32 Å². The fourth-order valence-corrected chi connectivity index (χ4v) is 2.39. The lowest BCUT2D eigenvalue weighted by Crippen LogP contribution is -2.19. The lowest BCUT2D eigenvalue weighted by Gasteiger charge is -2.09. The SMILES string of the molecule is COC(=O)/C=C1/S/C(=N\N=Cc2cc(OC(F)(F)F)ccc2N)NC1=O. The van der Waals surface area contributed by atoms with E-state index in [1.165, 1.54) is 6.07 Å². The number of esters is 1. The number of ether oxygens (including phenoxy) is 2. The molecule has 0 radical (unpaired) electrons. The zero-order chi connectivity index (χ0) is 19.3. The van der Waals surface area contributed by atoms with E-state index in [1.807, 2.05) is 0 Å². The number of halogens is 3. The van der Waals surface area contributed by atoms with Crippen LogP contribution in [0.5, 0.6) is 5.75 Å². The fraction of sp³-hybridized carbons (Fsp3) is 0.143. The first-order valence-electron chi connectivity index (χ1n) is 6.73. The standard InChI is InChI=1S/C14H11F3N4O4S/c1-24-11(22)5-10-12(23)20-13(26-10)21-19-6-7-4-8(2-3-9(7)18)25-14(15,16)17/h2-6H,18H2,1H3,(H,20,21,23)/b10-5+,19-6?. The number of amides is 1. The van der Waals surface area contributed by atoms with Gasteiger partial charge in [-0.2, -0.15) is 5.10 Å². The summed E-state index contributed by atoms with van der Waals surface area (Å²) in [5, 5.41) is 9.79. The summed E-state index contributed by atoms with van der Waals surface area (Å²) in [6.07, 6.45) is -2.75. The van der Waals surface area contributed by atoms with E-state index >= 15 is 0 Å². The van der Waals surface area contributed by atoms with Crippen LogP contribution in [0.2, 0.25) is 0 Å². The third kappa shape index (κ3) is 5.51. The Morgan fingerprint density at radius 3 is 2.77 bits per heavy atom. The maximum Gasteiger partial charge on any atom is 0.573 e. The molecule has 0 bridgehead atoms. The predicted octanol–water partition coefficient (Wildman–Crippen LogP) is 1.78. The number of carbonyl (C=O) groups is 2. The number of nitrogens with one attached hydrogen (secondary N) is 1. The first kappa shape index (κ1) is 19.3. The lowest BCUT2D eigenvalue weighted by molar-refractivity contribution is -0.274. The first-order valence-corrected chi connectivity index (χ1v) is 7.55. The molecule has 8 nitrogen and oxygen atoms in total. The maximum absolute atomic E-state index is 12.2. The molecule has 1 saturated heterocycles. The van der Waals surface area contributed by atoms with Gasteiger partial charge in [0.25, 0.3) is 5.91 Å². The van der Waals surface area contributed by atoms with Gasteiger partial charge >= 0.3 is 12.3 Å². The van der Waals surface area contributed by atoms with E-state index in [2.05, 4.69) is 25.0 Å².